The Balaban J connectivity index is 1.44. The van der Waals surface area contributed by atoms with Crippen LogP contribution in [0.4, 0.5) is 0 Å². The Morgan fingerprint density at radius 1 is 1.12 bits per heavy atom. The number of amides is 1. The minimum Gasteiger partial charge on any atom is -0.486 e. The third kappa shape index (κ3) is 3.68. The van der Waals surface area contributed by atoms with Crippen LogP contribution in [0.3, 0.4) is 0 Å². The van der Waals surface area contributed by atoms with Crippen LogP contribution < -0.4 is 9.47 Å². The maximum atomic E-state index is 12.9. The van der Waals surface area contributed by atoms with Crippen LogP contribution in [0.5, 0.6) is 11.5 Å². The quantitative estimate of drug-likeness (QED) is 0.833. The third-order valence-corrected chi connectivity index (χ3v) is 5.87. The van der Waals surface area contributed by atoms with Crippen LogP contribution in [0.1, 0.15) is 44.7 Å². The van der Waals surface area contributed by atoms with Crippen molar-refractivity contribution in [2.75, 3.05) is 39.4 Å². The van der Waals surface area contributed by atoms with E-state index in [0.29, 0.717) is 37.6 Å². The van der Waals surface area contributed by atoms with E-state index in [-0.39, 0.29) is 5.91 Å². The lowest BCUT2D eigenvalue weighted by Gasteiger charge is -2.36. The number of hydrogen-bond donors (Lipinski definition) is 0. The fraction of sp³-hybridized carbons (Fsp3) is 0.667. The third-order valence-electron chi connectivity index (χ3n) is 5.87. The smallest absolute Gasteiger partial charge is 0.236 e. The number of nitrogens with zero attached hydrogens (tertiary/aromatic N) is 2. The van der Waals surface area contributed by atoms with Gasteiger partial charge in [0.1, 0.15) is 13.2 Å². The maximum absolute atomic E-state index is 12.9. The summed E-state index contributed by atoms with van der Waals surface area (Å²) in [5.74, 6) is 3.17. The zero-order chi connectivity index (χ0) is 18.1. The topological polar surface area (TPSA) is 42.0 Å². The van der Waals surface area contributed by atoms with Gasteiger partial charge in [0.05, 0.1) is 6.54 Å². The highest BCUT2D eigenvalue weighted by Crippen LogP contribution is 2.38. The molecule has 0 radical (unpaired) electrons. The van der Waals surface area contributed by atoms with Crippen molar-refractivity contribution in [1.82, 2.24) is 9.80 Å². The molecule has 5 heteroatoms. The minimum atomic E-state index is 0.285. The zero-order valence-corrected chi connectivity index (χ0v) is 15.9. The number of carbonyl (C=O) groups is 1. The number of hydrogen-bond acceptors (Lipinski definition) is 4. The number of fused-ring (bicyclic) bond motifs is 1. The normalized spacial score (nSPS) is 29.0. The summed E-state index contributed by atoms with van der Waals surface area (Å²) >= 11 is 0. The van der Waals surface area contributed by atoms with Gasteiger partial charge in [-0.2, -0.15) is 0 Å². The molecule has 0 aromatic heterocycles. The van der Waals surface area contributed by atoms with Crippen LogP contribution >= 0.6 is 0 Å². The van der Waals surface area contributed by atoms with Gasteiger partial charge in [0, 0.05) is 19.1 Å². The van der Waals surface area contributed by atoms with Crippen molar-refractivity contribution >= 4 is 5.91 Å². The van der Waals surface area contributed by atoms with Gasteiger partial charge in [-0.05, 0) is 55.3 Å². The van der Waals surface area contributed by atoms with E-state index in [0.717, 1.165) is 44.0 Å². The van der Waals surface area contributed by atoms with Crippen LogP contribution in [0, 0.1) is 11.8 Å². The lowest BCUT2D eigenvalue weighted by Crippen LogP contribution is -2.46. The number of rotatable bonds is 3. The zero-order valence-electron chi connectivity index (χ0n) is 15.9. The monoisotopic (exact) mass is 358 g/mol. The molecule has 4 rings (SSSR count). The highest BCUT2D eigenvalue weighted by molar-refractivity contribution is 5.78. The largest absolute Gasteiger partial charge is 0.486 e. The van der Waals surface area contributed by atoms with Crippen LogP contribution in [0.15, 0.2) is 18.2 Å². The number of benzene rings is 1. The average Bonchev–Trinajstić information content (AvgIpc) is 3.08. The van der Waals surface area contributed by atoms with E-state index in [1.807, 2.05) is 6.07 Å². The predicted octanol–water partition coefficient (Wildman–Crippen LogP) is 3.10. The summed E-state index contributed by atoms with van der Waals surface area (Å²) in [7, 11) is 0. The van der Waals surface area contributed by atoms with Crippen LogP contribution in [0.25, 0.3) is 0 Å². The second-order valence-corrected chi connectivity index (χ2v) is 8.28. The molecule has 3 aliphatic rings. The van der Waals surface area contributed by atoms with Gasteiger partial charge in [-0.3, -0.25) is 9.69 Å². The molecule has 0 bridgehead atoms. The van der Waals surface area contributed by atoms with Crippen molar-refractivity contribution in [2.45, 2.75) is 39.2 Å². The van der Waals surface area contributed by atoms with E-state index in [1.54, 1.807) is 0 Å². The van der Waals surface area contributed by atoms with Crippen LogP contribution in [-0.2, 0) is 4.79 Å². The van der Waals surface area contributed by atoms with E-state index < -0.39 is 0 Å². The Labute approximate surface area is 156 Å². The Morgan fingerprint density at radius 2 is 1.85 bits per heavy atom. The van der Waals surface area contributed by atoms with E-state index in [4.69, 9.17) is 9.47 Å². The van der Waals surface area contributed by atoms with Crippen molar-refractivity contribution in [3.05, 3.63) is 23.8 Å². The van der Waals surface area contributed by atoms with Crippen molar-refractivity contribution in [2.24, 2.45) is 11.8 Å². The Kier molecular flexibility index (Phi) is 5.07. The molecule has 0 aliphatic carbocycles. The molecule has 0 unspecified atom stereocenters. The van der Waals surface area contributed by atoms with Gasteiger partial charge in [-0.15, -0.1) is 0 Å². The lowest BCUT2D eigenvalue weighted by molar-refractivity contribution is -0.135. The second-order valence-electron chi connectivity index (χ2n) is 8.28. The Hall–Kier alpha value is -1.75. The molecule has 142 valence electrons. The summed E-state index contributed by atoms with van der Waals surface area (Å²) in [4.78, 5) is 17.3. The van der Waals surface area contributed by atoms with Gasteiger partial charge < -0.3 is 14.4 Å². The minimum absolute atomic E-state index is 0.285. The maximum Gasteiger partial charge on any atom is 0.236 e. The van der Waals surface area contributed by atoms with Gasteiger partial charge in [-0.25, -0.2) is 0 Å². The Morgan fingerprint density at radius 3 is 2.62 bits per heavy atom. The standard InChI is InChI=1S/C21H30N2O3/c1-15-10-16(2)13-23(12-15)21(24)14-22-7-3-4-18(22)17-5-6-19-20(11-17)26-9-8-25-19/h5-6,11,15-16,18H,3-4,7-10,12-14H2,1-2H3/t15-,16+,18-/m0/s1. The van der Waals surface area contributed by atoms with Gasteiger partial charge >= 0.3 is 0 Å². The van der Waals surface area contributed by atoms with E-state index >= 15 is 0 Å². The summed E-state index contributed by atoms with van der Waals surface area (Å²) < 4.78 is 11.4. The molecule has 2 fully saturated rings. The molecule has 0 saturated carbocycles. The molecule has 2 saturated heterocycles. The first-order valence-electron chi connectivity index (χ1n) is 10.0. The van der Waals surface area contributed by atoms with E-state index in [1.165, 1.54) is 12.0 Å². The first-order valence-corrected chi connectivity index (χ1v) is 10.0. The summed E-state index contributed by atoms with van der Waals surface area (Å²) in [6.07, 6.45) is 3.46. The molecule has 0 N–H and O–H groups in total. The first-order chi connectivity index (χ1) is 12.6. The van der Waals surface area contributed by atoms with Crippen molar-refractivity contribution in [1.29, 1.82) is 0 Å². The van der Waals surface area contributed by atoms with Crippen LogP contribution in [-0.4, -0.2) is 55.1 Å². The molecule has 1 aromatic carbocycles. The Bertz CT molecular complexity index is 653. The van der Waals surface area contributed by atoms with Crippen molar-refractivity contribution in [3.8, 4) is 11.5 Å². The molecule has 1 aromatic rings. The lowest BCUT2D eigenvalue weighted by atomic mass is 9.92. The van der Waals surface area contributed by atoms with Gasteiger partial charge in [0.15, 0.2) is 11.5 Å². The summed E-state index contributed by atoms with van der Waals surface area (Å²) in [6.45, 7) is 9.06. The number of carbonyl (C=O) groups excluding carboxylic acids is 1. The van der Waals surface area contributed by atoms with Crippen molar-refractivity contribution < 1.29 is 14.3 Å². The summed E-state index contributed by atoms with van der Waals surface area (Å²) in [5, 5.41) is 0. The number of likely N-dealkylation sites (tertiary alicyclic amines) is 2. The first kappa shape index (κ1) is 17.7. The molecule has 3 aliphatic heterocycles. The van der Waals surface area contributed by atoms with Gasteiger partial charge in [0.2, 0.25) is 5.91 Å². The van der Waals surface area contributed by atoms with E-state index in [9.17, 15) is 4.79 Å². The number of ether oxygens (including phenoxy) is 2. The molecule has 5 nitrogen and oxygen atoms in total. The van der Waals surface area contributed by atoms with Crippen LogP contribution in [0.2, 0.25) is 0 Å². The SMILES string of the molecule is C[C@@H]1C[C@H](C)CN(C(=O)CN2CCC[C@H]2c2ccc3c(c2)OCCO3)C1. The molecular weight excluding hydrogens is 328 g/mol. The second kappa shape index (κ2) is 7.47. The molecule has 0 spiro atoms. The van der Waals surface area contributed by atoms with Crippen molar-refractivity contribution in [3.63, 3.8) is 0 Å². The fourth-order valence-corrected chi connectivity index (χ4v) is 4.80. The highest BCUT2D eigenvalue weighted by Gasteiger charge is 2.32. The summed E-state index contributed by atoms with van der Waals surface area (Å²) in [5.41, 5.74) is 1.24. The number of piperidine rings is 1. The van der Waals surface area contributed by atoms with Gasteiger partial charge in [0.25, 0.3) is 0 Å². The molecule has 3 heterocycles. The molecular formula is C21H30N2O3. The average molecular weight is 358 g/mol. The predicted molar refractivity (Wildman–Crippen MR) is 101 cm³/mol. The van der Waals surface area contributed by atoms with Gasteiger partial charge in [-0.1, -0.05) is 19.9 Å². The summed E-state index contributed by atoms with van der Waals surface area (Å²) in [6, 6.07) is 6.55. The molecule has 1 amide bonds. The fourth-order valence-electron chi connectivity index (χ4n) is 4.80. The molecule has 26 heavy (non-hydrogen) atoms. The van der Waals surface area contributed by atoms with E-state index in [2.05, 4.69) is 35.8 Å². The highest BCUT2D eigenvalue weighted by atomic mass is 16.6. The molecule has 3 atom stereocenters.